The molecule has 0 amide bonds. The van der Waals surface area contributed by atoms with Gasteiger partial charge in [-0.1, -0.05) is 45.7 Å². The van der Waals surface area contributed by atoms with E-state index in [9.17, 15) is 0 Å². The Labute approximate surface area is 124 Å². The summed E-state index contributed by atoms with van der Waals surface area (Å²) in [5, 5.41) is 0.765. The van der Waals surface area contributed by atoms with Crippen molar-refractivity contribution in [2.45, 2.75) is 72.8 Å². The van der Waals surface area contributed by atoms with Gasteiger partial charge in [0.25, 0.3) is 0 Å². The Morgan fingerprint density at radius 1 is 0.947 bits per heavy atom. The monoisotopic (exact) mass is 284 g/mol. The molecule has 19 heavy (non-hydrogen) atoms. The molecule has 2 rings (SSSR count). The first-order valence-corrected chi connectivity index (χ1v) is 8.06. The maximum absolute atomic E-state index is 5.99. The van der Waals surface area contributed by atoms with Gasteiger partial charge in [-0.05, 0) is 56.4 Å². The van der Waals surface area contributed by atoms with Crippen molar-refractivity contribution < 1.29 is 4.74 Å². The predicted octanol–water partition coefficient (Wildman–Crippen LogP) is 6.41. The summed E-state index contributed by atoms with van der Waals surface area (Å²) in [6.45, 7) is 10.0. The van der Waals surface area contributed by atoms with Gasteiger partial charge in [0.2, 0.25) is 0 Å². The van der Waals surface area contributed by atoms with Crippen LogP contribution in [-0.2, 0) is 0 Å². The fourth-order valence-electron chi connectivity index (χ4n) is 2.15. The SMILES string of the molecule is CC.CC.Cc1cc(Cl)cc(OC2CCCCC2)c1. The molecule has 0 aliphatic heterocycles. The molecule has 1 fully saturated rings. The number of rotatable bonds is 2. The van der Waals surface area contributed by atoms with Crippen LogP contribution in [0.1, 0.15) is 65.4 Å². The molecular weight excluding hydrogens is 256 g/mol. The van der Waals surface area contributed by atoms with Crippen molar-refractivity contribution in [3.05, 3.63) is 28.8 Å². The van der Waals surface area contributed by atoms with Gasteiger partial charge in [-0.3, -0.25) is 0 Å². The normalized spacial score (nSPS) is 14.6. The van der Waals surface area contributed by atoms with Gasteiger partial charge in [0.05, 0.1) is 6.10 Å². The number of ether oxygens (including phenoxy) is 1. The summed E-state index contributed by atoms with van der Waals surface area (Å²) in [6.07, 6.45) is 6.72. The van der Waals surface area contributed by atoms with Gasteiger partial charge in [-0.15, -0.1) is 0 Å². The van der Waals surface area contributed by atoms with E-state index in [-0.39, 0.29) is 0 Å². The smallest absolute Gasteiger partial charge is 0.121 e. The molecule has 0 atom stereocenters. The second-order valence-electron chi connectivity index (χ2n) is 4.34. The first-order valence-electron chi connectivity index (χ1n) is 7.68. The topological polar surface area (TPSA) is 9.23 Å². The van der Waals surface area contributed by atoms with Crippen LogP contribution in [0.15, 0.2) is 18.2 Å². The van der Waals surface area contributed by atoms with Gasteiger partial charge in [-0.25, -0.2) is 0 Å². The molecule has 1 aromatic carbocycles. The van der Waals surface area contributed by atoms with E-state index in [4.69, 9.17) is 16.3 Å². The molecule has 0 bridgehead atoms. The van der Waals surface area contributed by atoms with Crippen molar-refractivity contribution in [2.75, 3.05) is 0 Å². The molecule has 0 saturated heterocycles. The first kappa shape index (κ1) is 18.3. The van der Waals surface area contributed by atoms with Gasteiger partial charge < -0.3 is 4.74 Å². The average molecular weight is 285 g/mol. The lowest BCUT2D eigenvalue weighted by atomic mass is 9.98. The van der Waals surface area contributed by atoms with Crippen molar-refractivity contribution >= 4 is 11.6 Å². The highest BCUT2D eigenvalue weighted by atomic mass is 35.5. The van der Waals surface area contributed by atoms with Crippen molar-refractivity contribution in [3.63, 3.8) is 0 Å². The molecule has 0 N–H and O–H groups in total. The maximum atomic E-state index is 5.99. The zero-order valence-corrected chi connectivity index (χ0v) is 13.9. The van der Waals surface area contributed by atoms with Crippen LogP contribution in [0.2, 0.25) is 5.02 Å². The van der Waals surface area contributed by atoms with E-state index in [1.54, 1.807) is 0 Å². The minimum atomic E-state index is 0.400. The third-order valence-corrected chi connectivity index (χ3v) is 3.09. The molecule has 0 unspecified atom stereocenters. The number of hydrogen-bond donors (Lipinski definition) is 0. The van der Waals surface area contributed by atoms with E-state index in [0.717, 1.165) is 16.3 Å². The molecule has 110 valence electrons. The van der Waals surface area contributed by atoms with Gasteiger partial charge in [-0.2, -0.15) is 0 Å². The van der Waals surface area contributed by atoms with Crippen LogP contribution in [0.3, 0.4) is 0 Å². The van der Waals surface area contributed by atoms with Crippen LogP contribution in [0.25, 0.3) is 0 Å². The Morgan fingerprint density at radius 2 is 1.53 bits per heavy atom. The Morgan fingerprint density at radius 3 is 2.05 bits per heavy atom. The second-order valence-corrected chi connectivity index (χ2v) is 4.78. The fourth-order valence-corrected chi connectivity index (χ4v) is 2.43. The summed E-state index contributed by atoms with van der Waals surface area (Å²) in [5.41, 5.74) is 1.16. The Balaban J connectivity index is 0.000000741. The van der Waals surface area contributed by atoms with E-state index in [0.29, 0.717) is 6.10 Å². The Hall–Kier alpha value is -0.690. The van der Waals surface area contributed by atoms with E-state index >= 15 is 0 Å². The zero-order chi connectivity index (χ0) is 14.7. The van der Waals surface area contributed by atoms with Crippen LogP contribution in [0, 0.1) is 6.92 Å². The van der Waals surface area contributed by atoms with Crippen LogP contribution in [-0.4, -0.2) is 6.10 Å². The lowest BCUT2D eigenvalue weighted by Gasteiger charge is -2.23. The maximum Gasteiger partial charge on any atom is 0.121 e. The number of hydrogen-bond acceptors (Lipinski definition) is 1. The highest BCUT2D eigenvalue weighted by Gasteiger charge is 2.14. The van der Waals surface area contributed by atoms with Gasteiger partial charge in [0, 0.05) is 5.02 Å². The second kappa shape index (κ2) is 11.2. The summed E-state index contributed by atoms with van der Waals surface area (Å²) in [5.74, 6) is 0.923. The van der Waals surface area contributed by atoms with E-state index in [1.165, 1.54) is 32.1 Å². The Kier molecular flexibility index (Phi) is 10.8. The van der Waals surface area contributed by atoms with Crippen molar-refractivity contribution in [2.24, 2.45) is 0 Å². The summed E-state index contributed by atoms with van der Waals surface area (Å²) < 4.78 is 5.93. The van der Waals surface area contributed by atoms with E-state index in [1.807, 2.05) is 46.8 Å². The van der Waals surface area contributed by atoms with Crippen LogP contribution < -0.4 is 4.74 Å². The van der Waals surface area contributed by atoms with Crippen molar-refractivity contribution in [1.29, 1.82) is 0 Å². The summed E-state index contributed by atoms with van der Waals surface area (Å²) >= 11 is 5.99. The largest absolute Gasteiger partial charge is 0.490 e. The van der Waals surface area contributed by atoms with Gasteiger partial charge in [0.1, 0.15) is 5.75 Å². The summed E-state index contributed by atoms with van der Waals surface area (Å²) in [6, 6.07) is 5.92. The zero-order valence-electron chi connectivity index (χ0n) is 13.1. The van der Waals surface area contributed by atoms with Gasteiger partial charge >= 0.3 is 0 Å². The predicted molar refractivity (Wildman–Crippen MR) is 86.4 cm³/mol. The molecule has 1 aromatic rings. The molecule has 1 nitrogen and oxygen atoms in total. The van der Waals surface area contributed by atoms with Crippen molar-refractivity contribution in [3.8, 4) is 5.75 Å². The summed E-state index contributed by atoms with van der Waals surface area (Å²) in [4.78, 5) is 0. The number of aryl methyl sites for hydroxylation is 1. The standard InChI is InChI=1S/C13H17ClO.2C2H6/c1-10-7-11(14)9-13(8-10)15-12-5-3-2-4-6-12;2*1-2/h7-9,12H,2-6H2,1H3;2*1-2H3. The third-order valence-electron chi connectivity index (χ3n) is 2.87. The van der Waals surface area contributed by atoms with Crippen molar-refractivity contribution in [1.82, 2.24) is 0 Å². The molecule has 1 saturated carbocycles. The minimum Gasteiger partial charge on any atom is -0.490 e. The average Bonchev–Trinajstić information content (AvgIpc) is 2.43. The van der Waals surface area contributed by atoms with Crippen LogP contribution in [0.4, 0.5) is 0 Å². The third kappa shape index (κ3) is 7.47. The summed E-state index contributed by atoms with van der Waals surface area (Å²) in [7, 11) is 0. The molecule has 2 heteroatoms. The first-order chi connectivity index (χ1) is 9.24. The molecular formula is C17H29ClO. The highest BCUT2D eigenvalue weighted by molar-refractivity contribution is 6.30. The minimum absolute atomic E-state index is 0.400. The van der Waals surface area contributed by atoms with E-state index in [2.05, 4.69) is 6.07 Å². The molecule has 1 aliphatic rings. The van der Waals surface area contributed by atoms with Crippen LogP contribution in [0.5, 0.6) is 5.75 Å². The number of halogens is 1. The molecule has 1 aliphatic carbocycles. The van der Waals surface area contributed by atoms with E-state index < -0.39 is 0 Å². The fraction of sp³-hybridized carbons (Fsp3) is 0.647. The van der Waals surface area contributed by atoms with Crippen LogP contribution >= 0.6 is 11.6 Å². The Bertz CT molecular complexity index is 310. The highest BCUT2D eigenvalue weighted by Crippen LogP contribution is 2.26. The molecule has 0 aromatic heterocycles. The molecule has 0 radical (unpaired) electrons. The molecule has 0 heterocycles. The van der Waals surface area contributed by atoms with Gasteiger partial charge in [0.15, 0.2) is 0 Å². The quantitative estimate of drug-likeness (QED) is 0.609. The lowest BCUT2D eigenvalue weighted by Crippen LogP contribution is -2.19. The lowest BCUT2D eigenvalue weighted by molar-refractivity contribution is 0.155. The molecule has 0 spiro atoms. The number of benzene rings is 1.